The van der Waals surface area contributed by atoms with Gasteiger partial charge in [0.25, 0.3) is 0 Å². The summed E-state index contributed by atoms with van der Waals surface area (Å²) in [6, 6.07) is 3.87. The summed E-state index contributed by atoms with van der Waals surface area (Å²) in [6.45, 7) is 0.667. The molecule has 0 atom stereocenters. The Morgan fingerprint density at radius 1 is 1.32 bits per heavy atom. The van der Waals surface area contributed by atoms with Crippen molar-refractivity contribution in [2.24, 2.45) is 0 Å². The number of carbonyl (C=O) groups is 1. The number of ether oxygens (including phenoxy) is 1. The van der Waals surface area contributed by atoms with Gasteiger partial charge in [-0.2, -0.15) is 0 Å². The minimum Gasteiger partial charge on any atom is -0.464 e. The van der Waals surface area contributed by atoms with E-state index in [1.807, 2.05) is 24.1 Å². The van der Waals surface area contributed by atoms with Gasteiger partial charge in [0.1, 0.15) is 5.82 Å². The van der Waals surface area contributed by atoms with Crippen molar-refractivity contribution < 1.29 is 9.53 Å². The maximum Gasteiger partial charge on any atom is 0.358 e. The zero-order valence-corrected chi connectivity index (χ0v) is 10.8. The van der Waals surface area contributed by atoms with Crippen molar-refractivity contribution in [1.29, 1.82) is 0 Å². The van der Waals surface area contributed by atoms with Crippen molar-refractivity contribution in [3.8, 4) is 0 Å². The SMILES string of the molecule is COC(=O)c1cnc(N(C)Cc2cccnc2)cn1. The van der Waals surface area contributed by atoms with Gasteiger partial charge in [0.2, 0.25) is 0 Å². The largest absolute Gasteiger partial charge is 0.464 e. The second kappa shape index (κ2) is 5.90. The number of aromatic nitrogens is 3. The Kier molecular flexibility index (Phi) is 4.02. The van der Waals surface area contributed by atoms with Crippen LogP contribution in [-0.4, -0.2) is 35.1 Å². The Morgan fingerprint density at radius 2 is 2.16 bits per heavy atom. The second-order valence-corrected chi connectivity index (χ2v) is 3.97. The summed E-state index contributed by atoms with van der Waals surface area (Å²) in [4.78, 5) is 25.4. The van der Waals surface area contributed by atoms with Gasteiger partial charge in [-0.1, -0.05) is 6.07 Å². The molecule has 98 valence electrons. The minimum atomic E-state index is -0.492. The molecule has 0 saturated carbocycles. The number of rotatable bonds is 4. The third-order valence-electron chi connectivity index (χ3n) is 2.57. The van der Waals surface area contributed by atoms with Crippen LogP contribution in [0.1, 0.15) is 16.1 Å². The van der Waals surface area contributed by atoms with Crippen LogP contribution in [0.25, 0.3) is 0 Å². The molecule has 0 aliphatic rings. The quantitative estimate of drug-likeness (QED) is 0.770. The first-order valence-corrected chi connectivity index (χ1v) is 5.71. The monoisotopic (exact) mass is 258 g/mol. The second-order valence-electron chi connectivity index (χ2n) is 3.97. The zero-order valence-electron chi connectivity index (χ0n) is 10.8. The van der Waals surface area contributed by atoms with E-state index in [2.05, 4.69) is 19.7 Å². The van der Waals surface area contributed by atoms with Crippen LogP contribution >= 0.6 is 0 Å². The van der Waals surface area contributed by atoms with Crippen molar-refractivity contribution in [2.45, 2.75) is 6.54 Å². The molecule has 0 aliphatic heterocycles. The number of hydrogen-bond donors (Lipinski definition) is 0. The lowest BCUT2D eigenvalue weighted by Crippen LogP contribution is -2.18. The minimum absolute atomic E-state index is 0.195. The van der Waals surface area contributed by atoms with Crippen LogP contribution in [0, 0.1) is 0 Å². The highest BCUT2D eigenvalue weighted by Crippen LogP contribution is 2.11. The third kappa shape index (κ3) is 3.25. The third-order valence-corrected chi connectivity index (χ3v) is 2.57. The average molecular weight is 258 g/mol. The first-order valence-electron chi connectivity index (χ1n) is 5.71. The molecule has 19 heavy (non-hydrogen) atoms. The summed E-state index contributed by atoms with van der Waals surface area (Å²) in [6.07, 6.45) is 6.48. The van der Waals surface area contributed by atoms with E-state index in [1.54, 1.807) is 18.6 Å². The predicted octanol–water partition coefficient (Wildman–Crippen LogP) is 1.29. The average Bonchev–Trinajstić information content (AvgIpc) is 2.47. The van der Waals surface area contributed by atoms with Crippen LogP contribution in [0.5, 0.6) is 0 Å². The molecule has 0 aliphatic carbocycles. The smallest absolute Gasteiger partial charge is 0.358 e. The summed E-state index contributed by atoms with van der Waals surface area (Å²) < 4.78 is 4.57. The van der Waals surface area contributed by atoms with Gasteiger partial charge in [0.05, 0.1) is 19.5 Å². The fourth-order valence-corrected chi connectivity index (χ4v) is 1.57. The molecule has 0 saturated heterocycles. The van der Waals surface area contributed by atoms with Gasteiger partial charge in [0, 0.05) is 26.0 Å². The Hall–Kier alpha value is -2.50. The van der Waals surface area contributed by atoms with E-state index in [0.29, 0.717) is 12.4 Å². The number of methoxy groups -OCH3 is 1. The molecular weight excluding hydrogens is 244 g/mol. The molecule has 6 heteroatoms. The van der Waals surface area contributed by atoms with Crippen LogP contribution in [0.2, 0.25) is 0 Å². The molecule has 0 aromatic carbocycles. The first-order chi connectivity index (χ1) is 9.20. The van der Waals surface area contributed by atoms with Crippen molar-refractivity contribution in [3.05, 3.63) is 48.2 Å². The maximum atomic E-state index is 11.2. The first kappa shape index (κ1) is 12.9. The van der Waals surface area contributed by atoms with E-state index < -0.39 is 5.97 Å². The Morgan fingerprint density at radius 3 is 2.74 bits per heavy atom. The summed E-state index contributed by atoms with van der Waals surface area (Å²) in [5.74, 6) is 0.186. The highest BCUT2D eigenvalue weighted by molar-refractivity contribution is 5.86. The maximum absolute atomic E-state index is 11.2. The van der Waals surface area contributed by atoms with Gasteiger partial charge >= 0.3 is 5.97 Å². The predicted molar refractivity (Wildman–Crippen MR) is 69.7 cm³/mol. The van der Waals surface area contributed by atoms with Gasteiger partial charge in [0.15, 0.2) is 5.69 Å². The number of pyridine rings is 1. The van der Waals surface area contributed by atoms with Crippen LogP contribution in [-0.2, 0) is 11.3 Å². The normalized spacial score (nSPS) is 10.0. The molecular formula is C13H14N4O2. The molecule has 0 fully saturated rings. The Balaban J connectivity index is 2.07. The summed E-state index contributed by atoms with van der Waals surface area (Å²) in [7, 11) is 3.21. The lowest BCUT2D eigenvalue weighted by molar-refractivity contribution is 0.0593. The van der Waals surface area contributed by atoms with E-state index >= 15 is 0 Å². The Labute approximate surface area is 111 Å². The lowest BCUT2D eigenvalue weighted by atomic mass is 10.3. The van der Waals surface area contributed by atoms with Gasteiger partial charge < -0.3 is 9.64 Å². The molecule has 2 rings (SSSR count). The molecule has 2 aromatic heterocycles. The fraction of sp³-hybridized carbons (Fsp3) is 0.231. The van der Waals surface area contributed by atoms with Gasteiger partial charge in [-0.25, -0.2) is 14.8 Å². The molecule has 0 unspecified atom stereocenters. The number of anilines is 1. The van der Waals surface area contributed by atoms with E-state index in [4.69, 9.17) is 0 Å². The molecule has 2 aromatic rings. The van der Waals surface area contributed by atoms with Crippen molar-refractivity contribution in [2.75, 3.05) is 19.1 Å². The number of esters is 1. The zero-order chi connectivity index (χ0) is 13.7. The van der Waals surface area contributed by atoms with Crippen LogP contribution in [0.3, 0.4) is 0 Å². The van der Waals surface area contributed by atoms with Gasteiger partial charge in [-0.3, -0.25) is 4.98 Å². The van der Waals surface area contributed by atoms with Gasteiger partial charge in [-0.15, -0.1) is 0 Å². The molecule has 0 radical (unpaired) electrons. The van der Waals surface area contributed by atoms with Gasteiger partial charge in [-0.05, 0) is 11.6 Å². The number of carbonyl (C=O) groups excluding carboxylic acids is 1. The highest BCUT2D eigenvalue weighted by atomic mass is 16.5. The number of nitrogens with zero attached hydrogens (tertiary/aromatic N) is 4. The van der Waals surface area contributed by atoms with E-state index in [1.165, 1.54) is 13.3 Å². The molecule has 0 N–H and O–H groups in total. The molecule has 2 heterocycles. The van der Waals surface area contributed by atoms with E-state index in [9.17, 15) is 4.79 Å². The molecule has 6 nitrogen and oxygen atoms in total. The summed E-state index contributed by atoms with van der Waals surface area (Å²) >= 11 is 0. The fourth-order valence-electron chi connectivity index (χ4n) is 1.57. The van der Waals surface area contributed by atoms with Crippen LogP contribution in [0.4, 0.5) is 5.82 Å². The van der Waals surface area contributed by atoms with Crippen LogP contribution < -0.4 is 4.90 Å². The van der Waals surface area contributed by atoms with Crippen molar-refractivity contribution >= 4 is 11.8 Å². The highest BCUT2D eigenvalue weighted by Gasteiger charge is 2.09. The summed E-state index contributed by atoms with van der Waals surface area (Å²) in [5.41, 5.74) is 1.27. The van der Waals surface area contributed by atoms with Crippen molar-refractivity contribution in [1.82, 2.24) is 15.0 Å². The number of hydrogen-bond acceptors (Lipinski definition) is 6. The Bertz CT molecular complexity index is 542. The molecule has 0 bridgehead atoms. The molecule has 0 spiro atoms. The van der Waals surface area contributed by atoms with E-state index in [0.717, 1.165) is 5.56 Å². The lowest BCUT2D eigenvalue weighted by Gasteiger charge is -2.17. The van der Waals surface area contributed by atoms with Crippen LogP contribution in [0.15, 0.2) is 36.9 Å². The molecule has 0 amide bonds. The standard InChI is InChI=1S/C13H14N4O2/c1-17(9-10-4-3-5-14-6-10)12-8-15-11(7-16-12)13(18)19-2/h3-8H,9H2,1-2H3. The summed E-state index contributed by atoms with van der Waals surface area (Å²) in [5, 5.41) is 0. The van der Waals surface area contributed by atoms with Crippen molar-refractivity contribution in [3.63, 3.8) is 0 Å². The van der Waals surface area contributed by atoms with E-state index in [-0.39, 0.29) is 5.69 Å². The topological polar surface area (TPSA) is 68.2 Å².